The number of piperidine rings is 1. The number of carbonyl (C=O) groups excluding carboxylic acids is 2. The van der Waals surface area contributed by atoms with Crippen LogP contribution in [-0.4, -0.2) is 69.4 Å². The molecular formula is C17H24N4O4S. The SMILES string of the molecule is CN1C[C@@H]2[C@@H](CCCN2C(=O)NCCNS(=O)(=O)c2ccccc2)C1=O. The number of nitrogens with one attached hydrogen (secondary N) is 2. The summed E-state index contributed by atoms with van der Waals surface area (Å²) in [6.07, 6.45) is 1.61. The zero-order chi connectivity index (χ0) is 18.7. The number of hydrogen-bond donors (Lipinski definition) is 2. The van der Waals surface area contributed by atoms with Crippen molar-refractivity contribution in [3.63, 3.8) is 0 Å². The van der Waals surface area contributed by atoms with E-state index in [1.807, 2.05) is 0 Å². The van der Waals surface area contributed by atoms with Crippen LogP contribution < -0.4 is 10.0 Å². The Bertz CT molecular complexity index is 768. The highest BCUT2D eigenvalue weighted by Crippen LogP contribution is 2.30. The lowest BCUT2D eigenvalue weighted by Crippen LogP contribution is -2.53. The van der Waals surface area contributed by atoms with Crippen molar-refractivity contribution < 1.29 is 18.0 Å². The maximum absolute atomic E-state index is 12.5. The Kier molecular flexibility index (Phi) is 5.47. The third-order valence-corrected chi connectivity index (χ3v) is 6.42. The summed E-state index contributed by atoms with van der Waals surface area (Å²) in [6, 6.07) is 7.75. The fourth-order valence-electron chi connectivity index (χ4n) is 3.62. The van der Waals surface area contributed by atoms with E-state index in [1.165, 1.54) is 12.1 Å². The number of rotatable bonds is 5. The monoisotopic (exact) mass is 380 g/mol. The van der Waals surface area contributed by atoms with E-state index < -0.39 is 10.0 Å². The smallest absolute Gasteiger partial charge is 0.317 e. The molecule has 2 N–H and O–H groups in total. The summed E-state index contributed by atoms with van der Waals surface area (Å²) in [5.74, 6) is -0.0146. The quantitative estimate of drug-likeness (QED) is 0.714. The molecule has 2 aliphatic rings. The van der Waals surface area contributed by atoms with Crippen LogP contribution in [0.3, 0.4) is 0 Å². The lowest BCUT2D eigenvalue weighted by Gasteiger charge is -2.35. The number of urea groups is 1. The average Bonchev–Trinajstić information content (AvgIpc) is 2.94. The molecule has 0 unspecified atom stereocenters. The normalized spacial score (nSPS) is 23.0. The molecule has 0 aromatic heterocycles. The number of fused-ring (bicyclic) bond motifs is 1. The van der Waals surface area contributed by atoms with Gasteiger partial charge in [-0.1, -0.05) is 18.2 Å². The lowest BCUT2D eigenvalue weighted by atomic mass is 9.92. The second kappa shape index (κ2) is 7.63. The second-order valence-electron chi connectivity index (χ2n) is 6.67. The van der Waals surface area contributed by atoms with Crippen molar-refractivity contribution in [3.8, 4) is 0 Å². The molecule has 2 heterocycles. The van der Waals surface area contributed by atoms with Crippen molar-refractivity contribution in [2.24, 2.45) is 5.92 Å². The Morgan fingerprint density at radius 1 is 1.23 bits per heavy atom. The molecule has 2 aliphatic heterocycles. The first-order valence-electron chi connectivity index (χ1n) is 8.74. The first kappa shape index (κ1) is 18.7. The lowest BCUT2D eigenvalue weighted by molar-refractivity contribution is -0.130. The summed E-state index contributed by atoms with van der Waals surface area (Å²) in [7, 11) is -1.82. The molecule has 26 heavy (non-hydrogen) atoms. The van der Waals surface area contributed by atoms with Crippen LogP contribution in [0.4, 0.5) is 4.79 Å². The van der Waals surface area contributed by atoms with Crippen LogP contribution >= 0.6 is 0 Å². The molecule has 3 rings (SSSR count). The zero-order valence-corrected chi connectivity index (χ0v) is 15.5. The first-order valence-corrected chi connectivity index (χ1v) is 10.2. The van der Waals surface area contributed by atoms with Gasteiger partial charge in [-0.25, -0.2) is 17.9 Å². The molecule has 0 aliphatic carbocycles. The van der Waals surface area contributed by atoms with Crippen molar-refractivity contribution in [2.75, 3.05) is 33.2 Å². The van der Waals surface area contributed by atoms with Crippen LogP contribution in [0.5, 0.6) is 0 Å². The molecule has 2 fully saturated rings. The van der Waals surface area contributed by atoms with E-state index in [-0.39, 0.29) is 41.9 Å². The number of carbonyl (C=O) groups is 2. The molecule has 0 saturated carbocycles. The fraction of sp³-hybridized carbons (Fsp3) is 0.529. The van der Waals surface area contributed by atoms with Crippen LogP contribution in [0, 0.1) is 5.92 Å². The van der Waals surface area contributed by atoms with Gasteiger partial charge < -0.3 is 15.1 Å². The summed E-state index contributed by atoms with van der Waals surface area (Å²) in [5, 5.41) is 2.75. The van der Waals surface area contributed by atoms with E-state index in [0.29, 0.717) is 13.1 Å². The van der Waals surface area contributed by atoms with Gasteiger partial charge in [-0.3, -0.25) is 4.79 Å². The van der Waals surface area contributed by atoms with E-state index in [0.717, 1.165) is 12.8 Å². The van der Waals surface area contributed by atoms with E-state index in [9.17, 15) is 18.0 Å². The van der Waals surface area contributed by atoms with Gasteiger partial charge >= 0.3 is 6.03 Å². The van der Waals surface area contributed by atoms with Crippen LogP contribution in [0.15, 0.2) is 35.2 Å². The van der Waals surface area contributed by atoms with Crippen molar-refractivity contribution in [1.82, 2.24) is 19.8 Å². The number of sulfonamides is 1. The third kappa shape index (κ3) is 3.83. The molecular weight excluding hydrogens is 356 g/mol. The minimum absolute atomic E-state index is 0.0951. The number of benzene rings is 1. The molecule has 2 atom stereocenters. The van der Waals surface area contributed by atoms with Crippen LogP contribution in [0.2, 0.25) is 0 Å². The zero-order valence-electron chi connectivity index (χ0n) is 14.7. The van der Waals surface area contributed by atoms with E-state index in [2.05, 4.69) is 10.0 Å². The number of hydrogen-bond acceptors (Lipinski definition) is 4. The average molecular weight is 380 g/mol. The minimum Gasteiger partial charge on any atom is -0.343 e. The summed E-state index contributed by atoms with van der Waals surface area (Å²) in [6.45, 7) is 1.45. The molecule has 142 valence electrons. The molecule has 0 radical (unpaired) electrons. The Hall–Kier alpha value is -2.13. The van der Waals surface area contributed by atoms with E-state index >= 15 is 0 Å². The van der Waals surface area contributed by atoms with E-state index in [4.69, 9.17) is 0 Å². The minimum atomic E-state index is -3.58. The Morgan fingerprint density at radius 2 is 1.96 bits per heavy atom. The van der Waals surface area contributed by atoms with Crippen LogP contribution in [-0.2, 0) is 14.8 Å². The van der Waals surface area contributed by atoms with Crippen LogP contribution in [0.25, 0.3) is 0 Å². The number of likely N-dealkylation sites (tertiary alicyclic amines) is 2. The molecule has 2 saturated heterocycles. The molecule has 1 aromatic carbocycles. The number of likely N-dealkylation sites (N-methyl/N-ethyl adjacent to an activating group) is 1. The van der Waals surface area contributed by atoms with E-state index in [1.54, 1.807) is 35.0 Å². The number of amides is 3. The van der Waals surface area contributed by atoms with Gasteiger partial charge in [0.1, 0.15) is 0 Å². The van der Waals surface area contributed by atoms with Crippen molar-refractivity contribution in [3.05, 3.63) is 30.3 Å². The highest BCUT2D eigenvalue weighted by Gasteiger charge is 2.45. The summed E-state index contributed by atoms with van der Waals surface area (Å²) in [4.78, 5) is 28.1. The summed E-state index contributed by atoms with van der Waals surface area (Å²) >= 11 is 0. The molecule has 3 amide bonds. The topological polar surface area (TPSA) is 98.8 Å². The third-order valence-electron chi connectivity index (χ3n) is 4.94. The van der Waals surface area contributed by atoms with Crippen molar-refractivity contribution >= 4 is 22.0 Å². The Labute approximate surface area is 153 Å². The Morgan fingerprint density at radius 3 is 2.69 bits per heavy atom. The van der Waals surface area contributed by atoms with Gasteiger partial charge in [0, 0.05) is 33.2 Å². The van der Waals surface area contributed by atoms with Gasteiger partial charge in [0.2, 0.25) is 15.9 Å². The van der Waals surface area contributed by atoms with Gasteiger partial charge in [0.15, 0.2) is 0 Å². The first-order chi connectivity index (χ1) is 12.4. The maximum Gasteiger partial charge on any atom is 0.317 e. The van der Waals surface area contributed by atoms with Gasteiger partial charge in [-0.2, -0.15) is 0 Å². The molecule has 8 nitrogen and oxygen atoms in total. The predicted molar refractivity (Wildman–Crippen MR) is 95.9 cm³/mol. The molecule has 1 aromatic rings. The second-order valence-corrected chi connectivity index (χ2v) is 8.44. The molecule has 0 bridgehead atoms. The predicted octanol–water partition coefficient (Wildman–Crippen LogP) is 0.227. The number of nitrogens with zero attached hydrogens (tertiary/aromatic N) is 2. The molecule has 0 spiro atoms. The standard InChI is InChI=1S/C17H24N4O4S/c1-20-12-15-14(16(20)22)8-5-11-21(15)17(23)18-9-10-19-26(24,25)13-6-3-2-4-7-13/h2-4,6-7,14-15,19H,5,8-12H2,1H3,(H,18,23)/t14-,15-/m1/s1. The Balaban J connectivity index is 1.49. The van der Waals surface area contributed by atoms with Gasteiger partial charge in [-0.05, 0) is 25.0 Å². The fourth-order valence-corrected chi connectivity index (χ4v) is 4.67. The largest absolute Gasteiger partial charge is 0.343 e. The highest BCUT2D eigenvalue weighted by atomic mass is 32.2. The maximum atomic E-state index is 12.5. The van der Waals surface area contributed by atoms with Crippen molar-refractivity contribution in [2.45, 2.75) is 23.8 Å². The molecule has 9 heteroatoms. The van der Waals surface area contributed by atoms with Gasteiger partial charge in [0.05, 0.1) is 16.9 Å². The summed E-state index contributed by atoms with van der Waals surface area (Å²) < 4.78 is 26.7. The van der Waals surface area contributed by atoms with Crippen LogP contribution in [0.1, 0.15) is 12.8 Å². The highest BCUT2D eigenvalue weighted by molar-refractivity contribution is 7.89. The van der Waals surface area contributed by atoms with Gasteiger partial charge in [-0.15, -0.1) is 0 Å². The van der Waals surface area contributed by atoms with Crippen molar-refractivity contribution in [1.29, 1.82) is 0 Å². The van der Waals surface area contributed by atoms with Gasteiger partial charge in [0.25, 0.3) is 0 Å². The summed E-state index contributed by atoms with van der Waals surface area (Å²) in [5.41, 5.74) is 0.